The number of carbonyl (C=O) groups is 1. The van der Waals surface area contributed by atoms with Crippen LogP contribution in [0, 0.1) is 0 Å². The van der Waals surface area contributed by atoms with Gasteiger partial charge in [0.1, 0.15) is 5.75 Å². The van der Waals surface area contributed by atoms with E-state index in [2.05, 4.69) is 10.2 Å². The molecule has 1 unspecified atom stereocenters. The third-order valence-electron chi connectivity index (χ3n) is 6.06. The Morgan fingerprint density at radius 2 is 1.81 bits per heavy atom. The van der Waals surface area contributed by atoms with Crippen LogP contribution >= 0.6 is 0 Å². The molecule has 1 fully saturated rings. The smallest absolute Gasteiger partial charge is 0.251 e. The molecule has 0 aliphatic carbocycles. The first-order chi connectivity index (χ1) is 14.8. The van der Waals surface area contributed by atoms with Gasteiger partial charge >= 0.3 is 0 Å². The first-order valence-electron chi connectivity index (χ1n) is 10.6. The molecule has 31 heavy (non-hydrogen) atoms. The molecule has 166 valence electrons. The molecule has 1 amide bonds. The van der Waals surface area contributed by atoms with Gasteiger partial charge in [-0.2, -0.15) is 0 Å². The zero-order chi connectivity index (χ0) is 22.0. The Hall–Kier alpha value is -2.58. The Morgan fingerprint density at radius 3 is 2.45 bits per heavy atom. The maximum Gasteiger partial charge on any atom is 0.251 e. The van der Waals surface area contributed by atoms with E-state index < -0.39 is 10.0 Å². The number of anilines is 1. The molecule has 0 aromatic heterocycles. The SMILES string of the molecule is COc1ccc(C(CN2CCCC2)NC(=O)c2ccc3c(c2)CCN3S(C)(=O)=O)cc1. The number of carbonyl (C=O) groups excluding carboxylic acids is 1. The van der Waals surface area contributed by atoms with Crippen LogP contribution in [0.3, 0.4) is 0 Å². The van der Waals surface area contributed by atoms with Crippen LogP contribution in [0.25, 0.3) is 0 Å². The number of likely N-dealkylation sites (tertiary alicyclic amines) is 1. The van der Waals surface area contributed by atoms with Crippen LogP contribution in [-0.2, 0) is 16.4 Å². The molecule has 4 rings (SSSR count). The molecule has 2 aromatic carbocycles. The lowest BCUT2D eigenvalue weighted by Gasteiger charge is -2.25. The highest BCUT2D eigenvalue weighted by molar-refractivity contribution is 7.92. The maximum absolute atomic E-state index is 13.1. The molecule has 8 heteroatoms. The molecule has 0 radical (unpaired) electrons. The number of ether oxygens (including phenoxy) is 1. The monoisotopic (exact) mass is 443 g/mol. The standard InChI is InChI=1S/C23H29N3O4S/c1-30-20-8-5-17(6-9-20)21(16-25-12-3-4-13-25)24-23(27)19-7-10-22-18(15-19)11-14-26(22)31(2,28)29/h5-10,15,21H,3-4,11-14,16H2,1-2H3,(H,24,27). The van der Waals surface area contributed by atoms with Crippen LogP contribution < -0.4 is 14.4 Å². The molecule has 2 aliphatic heterocycles. The first kappa shape index (κ1) is 21.6. The molecule has 0 saturated carbocycles. The zero-order valence-corrected chi connectivity index (χ0v) is 18.8. The third-order valence-corrected chi connectivity index (χ3v) is 7.24. The Bertz CT molecular complexity index is 1050. The molecule has 0 bridgehead atoms. The number of hydrogen-bond donors (Lipinski definition) is 1. The second-order valence-electron chi connectivity index (χ2n) is 8.24. The van der Waals surface area contributed by atoms with Crippen LogP contribution in [0.1, 0.15) is 40.4 Å². The average molecular weight is 444 g/mol. The number of sulfonamides is 1. The summed E-state index contributed by atoms with van der Waals surface area (Å²) in [6.07, 6.45) is 4.19. The van der Waals surface area contributed by atoms with E-state index in [-0.39, 0.29) is 11.9 Å². The summed E-state index contributed by atoms with van der Waals surface area (Å²) in [5.74, 6) is 0.629. The Morgan fingerprint density at radius 1 is 1.10 bits per heavy atom. The fourth-order valence-electron chi connectivity index (χ4n) is 4.39. The predicted molar refractivity (Wildman–Crippen MR) is 121 cm³/mol. The van der Waals surface area contributed by atoms with E-state index in [0.717, 1.165) is 36.5 Å². The molecular formula is C23H29N3O4S. The first-order valence-corrected chi connectivity index (χ1v) is 12.5. The zero-order valence-electron chi connectivity index (χ0n) is 18.0. The van der Waals surface area contributed by atoms with Gasteiger partial charge in [0.15, 0.2) is 0 Å². The summed E-state index contributed by atoms with van der Waals surface area (Å²) in [6.45, 7) is 3.26. The number of fused-ring (bicyclic) bond motifs is 1. The van der Waals surface area contributed by atoms with Crippen LogP contribution in [0.4, 0.5) is 5.69 Å². The van der Waals surface area contributed by atoms with Crippen molar-refractivity contribution >= 4 is 21.6 Å². The molecule has 7 nitrogen and oxygen atoms in total. The molecule has 2 aliphatic rings. The van der Waals surface area contributed by atoms with Crippen molar-refractivity contribution in [2.24, 2.45) is 0 Å². The highest BCUT2D eigenvalue weighted by Gasteiger charge is 2.27. The van der Waals surface area contributed by atoms with Gasteiger partial charge in [0.05, 0.1) is 25.1 Å². The molecule has 2 heterocycles. The van der Waals surface area contributed by atoms with Gasteiger partial charge in [-0.25, -0.2) is 8.42 Å². The summed E-state index contributed by atoms with van der Waals surface area (Å²) in [6, 6.07) is 12.9. The number of nitrogens with one attached hydrogen (secondary N) is 1. The molecule has 1 N–H and O–H groups in total. The normalized spacial score (nSPS) is 17.4. The van der Waals surface area contributed by atoms with E-state index in [1.807, 2.05) is 30.3 Å². The van der Waals surface area contributed by atoms with E-state index in [0.29, 0.717) is 24.2 Å². The summed E-state index contributed by atoms with van der Waals surface area (Å²) >= 11 is 0. The summed E-state index contributed by atoms with van der Waals surface area (Å²) < 4.78 is 30.6. The maximum atomic E-state index is 13.1. The quantitative estimate of drug-likeness (QED) is 0.712. The highest BCUT2D eigenvalue weighted by Crippen LogP contribution is 2.31. The van der Waals surface area contributed by atoms with Gasteiger partial charge in [0.2, 0.25) is 10.0 Å². The fraction of sp³-hybridized carbons (Fsp3) is 0.435. The van der Waals surface area contributed by atoms with E-state index in [1.54, 1.807) is 19.2 Å². The van der Waals surface area contributed by atoms with E-state index in [9.17, 15) is 13.2 Å². The number of methoxy groups -OCH3 is 1. The third kappa shape index (κ3) is 4.85. The van der Waals surface area contributed by atoms with Crippen LogP contribution in [0.15, 0.2) is 42.5 Å². The summed E-state index contributed by atoms with van der Waals surface area (Å²) in [4.78, 5) is 15.5. The molecule has 2 aromatic rings. The summed E-state index contributed by atoms with van der Waals surface area (Å²) in [5.41, 5.74) is 3.14. The van der Waals surface area contributed by atoms with Crippen molar-refractivity contribution in [2.45, 2.75) is 25.3 Å². The Kier molecular flexibility index (Phi) is 6.20. The second kappa shape index (κ2) is 8.88. The number of hydrogen-bond acceptors (Lipinski definition) is 5. The number of nitrogens with zero attached hydrogens (tertiary/aromatic N) is 2. The van der Waals surface area contributed by atoms with Gasteiger partial charge in [-0.15, -0.1) is 0 Å². The fourth-order valence-corrected chi connectivity index (χ4v) is 5.35. The van der Waals surface area contributed by atoms with Crippen molar-refractivity contribution < 1.29 is 17.9 Å². The van der Waals surface area contributed by atoms with Gasteiger partial charge in [-0.3, -0.25) is 9.10 Å². The lowest BCUT2D eigenvalue weighted by molar-refractivity contribution is 0.0927. The van der Waals surface area contributed by atoms with Crippen molar-refractivity contribution in [1.29, 1.82) is 0 Å². The second-order valence-corrected chi connectivity index (χ2v) is 10.1. The minimum absolute atomic E-state index is 0.141. The molecular weight excluding hydrogens is 414 g/mol. The average Bonchev–Trinajstić information content (AvgIpc) is 3.42. The van der Waals surface area contributed by atoms with E-state index in [1.165, 1.54) is 23.4 Å². The van der Waals surface area contributed by atoms with Gasteiger partial charge in [0.25, 0.3) is 5.91 Å². The van der Waals surface area contributed by atoms with Gasteiger partial charge in [0, 0.05) is 18.7 Å². The van der Waals surface area contributed by atoms with E-state index >= 15 is 0 Å². The highest BCUT2D eigenvalue weighted by atomic mass is 32.2. The van der Waals surface area contributed by atoms with Crippen molar-refractivity contribution in [3.8, 4) is 5.75 Å². The van der Waals surface area contributed by atoms with Crippen LogP contribution in [0.5, 0.6) is 5.75 Å². The number of benzene rings is 2. The predicted octanol–water partition coefficient (Wildman–Crippen LogP) is 2.58. The van der Waals surface area contributed by atoms with Gasteiger partial charge < -0.3 is 15.0 Å². The van der Waals surface area contributed by atoms with Crippen molar-refractivity contribution in [2.75, 3.05) is 43.8 Å². The van der Waals surface area contributed by atoms with E-state index in [4.69, 9.17) is 4.74 Å². The van der Waals surface area contributed by atoms with Crippen LogP contribution in [0.2, 0.25) is 0 Å². The van der Waals surface area contributed by atoms with Gasteiger partial charge in [-0.1, -0.05) is 12.1 Å². The molecule has 1 saturated heterocycles. The molecule has 0 spiro atoms. The van der Waals surface area contributed by atoms with Crippen LogP contribution in [-0.4, -0.2) is 58.8 Å². The topological polar surface area (TPSA) is 79.0 Å². The Labute approximate surface area is 184 Å². The number of rotatable bonds is 7. The molecule has 1 atom stereocenters. The number of amides is 1. The summed E-state index contributed by atoms with van der Waals surface area (Å²) in [7, 11) is -1.67. The largest absolute Gasteiger partial charge is 0.497 e. The lowest BCUT2D eigenvalue weighted by atomic mass is 10.0. The lowest BCUT2D eigenvalue weighted by Crippen LogP contribution is -2.37. The van der Waals surface area contributed by atoms with Crippen molar-refractivity contribution in [1.82, 2.24) is 10.2 Å². The summed E-state index contributed by atoms with van der Waals surface area (Å²) in [5, 5.41) is 3.19. The minimum atomic E-state index is -3.31. The Balaban J connectivity index is 1.54. The van der Waals surface area contributed by atoms with Gasteiger partial charge in [-0.05, 0) is 73.8 Å². The van der Waals surface area contributed by atoms with Crippen molar-refractivity contribution in [3.05, 3.63) is 59.2 Å². The van der Waals surface area contributed by atoms with Crippen molar-refractivity contribution in [3.63, 3.8) is 0 Å². The minimum Gasteiger partial charge on any atom is -0.497 e.